The van der Waals surface area contributed by atoms with E-state index < -0.39 is 0 Å². The molecule has 1 N–H and O–H groups in total. The van der Waals surface area contributed by atoms with Crippen molar-refractivity contribution in [2.75, 3.05) is 26.8 Å². The minimum Gasteiger partial charge on any atom is -0.383 e. The van der Waals surface area contributed by atoms with Gasteiger partial charge in [-0.15, -0.1) is 11.3 Å². The molecule has 3 heteroatoms. The molecule has 2 rings (SSSR count). The zero-order valence-electron chi connectivity index (χ0n) is 10.4. The van der Waals surface area contributed by atoms with Crippen LogP contribution in [0.15, 0.2) is 6.07 Å². The van der Waals surface area contributed by atoms with Crippen molar-refractivity contribution in [2.45, 2.75) is 26.2 Å². The highest BCUT2D eigenvalue weighted by Crippen LogP contribution is 2.49. The zero-order valence-corrected chi connectivity index (χ0v) is 11.2. The summed E-state index contributed by atoms with van der Waals surface area (Å²) in [5.74, 6) is 1.67. The number of thiophene rings is 1. The van der Waals surface area contributed by atoms with E-state index in [2.05, 4.69) is 25.2 Å². The van der Waals surface area contributed by atoms with Crippen molar-refractivity contribution >= 4 is 11.3 Å². The lowest BCUT2D eigenvalue weighted by Crippen LogP contribution is -2.21. The van der Waals surface area contributed by atoms with Crippen LogP contribution in [-0.2, 0) is 4.74 Å². The van der Waals surface area contributed by atoms with Crippen LogP contribution in [0.3, 0.4) is 0 Å². The molecule has 1 aliphatic rings. The maximum atomic E-state index is 5.02. The fourth-order valence-corrected chi connectivity index (χ4v) is 3.33. The smallest absolute Gasteiger partial charge is 0.0587 e. The monoisotopic (exact) mass is 239 g/mol. The molecular weight excluding hydrogens is 218 g/mol. The van der Waals surface area contributed by atoms with E-state index in [0.29, 0.717) is 0 Å². The number of nitrogens with one attached hydrogen (secondary N) is 1. The van der Waals surface area contributed by atoms with Gasteiger partial charge < -0.3 is 10.1 Å². The van der Waals surface area contributed by atoms with Gasteiger partial charge in [-0.1, -0.05) is 0 Å². The quantitative estimate of drug-likeness (QED) is 0.771. The van der Waals surface area contributed by atoms with Gasteiger partial charge >= 0.3 is 0 Å². The SMILES string of the molecule is COCCNCC1CC1c1cc(C)sc1C. The molecule has 1 aromatic heterocycles. The Kier molecular flexibility index (Phi) is 4.00. The first-order valence-corrected chi connectivity index (χ1v) is 6.80. The molecule has 0 aromatic carbocycles. The van der Waals surface area contributed by atoms with Gasteiger partial charge in [-0.2, -0.15) is 0 Å². The molecular formula is C13H21NOS. The van der Waals surface area contributed by atoms with Crippen LogP contribution in [0.5, 0.6) is 0 Å². The van der Waals surface area contributed by atoms with Crippen LogP contribution in [0.4, 0.5) is 0 Å². The van der Waals surface area contributed by atoms with E-state index in [1.807, 2.05) is 11.3 Å². The number of rotatable bonds is 6. The Bertz CT molecular complexity index is 348. The zero-order chi connectivity index (χ0) is 11.5. The molecule has 1 aromatic rings. The molecule has 0 radical (unpaired) electrons. The van der Waals surface area contributed by atoms with Gasteiger partial charge in [0.15, 0.2) is 0 Å². The van der Waals surface area contributed by atoms with Crippen molar-refractivity contribution in [3.8, 4) is 0 Å². The average molecular weight is 239 g/mol. The molecule has 16 heavy (non-hydrogen) atoms. The Morgan fingerprint density at radius 2 is 2.31 bits per heavy atom. The summed E-state index contributed by atoms with van der Waals surface area (Å²) in [4.78, 5) is 2.97. The molecule has 0 aliphatic heterocycles. The normalized spacial score (nSPS) is 23.7. The highest BCUT2D eigenvalue weighted by Gasteiger charge is 2.38. The highest BCUT2D eigenvalue weighted by atomic mass is 32.1. The lowest BCUT2D eigenvalue weighted by molar-refractivity contribution is 0.199. The summed E-state index contributed by atoms with van der Waals surface area (Å²) >= 11 is 1.93. The Hall–Kier alpha value is -0.380. The molecule has 1 aliphatic carbocycles. The molecule has 90 valence electrons. The van der Waals surface area contributed by atoms with Crippen LogP contribution in [0.1, 0.15) is 27.7 Å². The van der Waals surface area contributed by atoms with E-state index in [-0.39, 0.29) is 0 Å². The Balaban J connectivity index is 1.76. The number of aryl methyl sites for hydroxylation is 2. The first-order valence-electron chi connectivity index (χ1n) is 5.99. The Labute approximate surface area is 102 Å². The number of ether oxygens (including phenoxy) is 1. The van der Waals surface area contributed by atoms with E-state index in [0.717, 1.165) is 31.5 Å². The van der Waals surface area contributed by atoms with Crippen LogP contribution in [0.25, 0.3) is 0 Å². The van der Waals surface area contributed by atoms with Crippen molar-refractivity contribution in [1.82, 2.24) is 5.32 Å². The second-order valence-electron chi connectivity index (χ2n) is 4.67. The van der Waals surface area contributed by atoms with Crippen molar-refractivity contribution in [2.24, 2.45) is 5.92 Å². The highest BCUT2D eigenvalue weighted by molar-refractivity contribution is 7.12. The third-order valence-corrected chi connectivity index (χ3v) is 4.27. The van der Waals surface area contributed by atoms with E-state index in [1.54, 1.807) is 12.7 Å². The molecule has 0 amide bonds. The predicted octanol–water partition coefficient (Wildman–Crippen LogP) is 2.70. The van der Waals surface area contributed by atoms with Crippen molar-refractivity contribution in [3.63, 3.8) is 0 Å². The first-order chi connectivity index (χ1) is 7.72. The molecule has 1 heterocycles. The van der Waals surface area contributed by atoms with Crippen molar-refractivity contribution in [3.05, 3.63) is 21.4 Å². The topological polar surface area (TPSA) is 21.3 Å². The van der Waals surface area contributed by atoms with Gasteiger partial charge in [0.1, 0.15) is 0 Å². The first kappa shape index (κ1) is 12.1. The van der Waals surface area contributed by atoms with Crippen LogP contribution in [-0.4, -0.2) is 26.8 Å². The molecule has 2 unspecified atom stereocenters. The molecule has 0 saturated heterocycles. The summed E-state index contributed by atoms with van der Waals surface area (Å²) in [5.41, 5.74) is 1.60. The van der Waals surface area contributed by atoms with Crippen LogP contribution in [0, 0.1) is 19.8 Å². The van der Waals surface area contributed by atoms with E-state index in [9.17, 15) is 0 Å². The standard InChI is InChI=1S/C13H21NOS/c1-9-6-12(10(2)16-9)13-7-11(13)8-14-4-5-15-3/h6,11,13-14H,4-5,7-8H2,1-3H3. The van der Waals surface area contributed by atoms with Gasteiger partial charge in [-0.25, -0.2) is 0 Å². The van der Waals surface area contributed by atoms with Gasteiger partial charge in [-0.05, 0) is 50.3 Å². The largest absolute Gasteiger partial charge is 0.383 e. The van der Waals surface area contributed by atoms with E-state index in [1.165, 1.54) is 16.2 Å². The van der Waals surface area contributed by atoms with Crippen LogP contribution in [0.2, 0.25) is 0 Å². The number of hydrogen-bond acceptors (Lipinski definition) is 3. The number of hydrogen-bond donors (Lipinski definition) is 1. The van der Waals surface area contributed by atoms with Gasteiger partial charge in [0.25, 0.3) is 0 Å². The van der Waals surface area contributed by atoms with Gasteiger partial charge in [-0.3, -0.25) is 0 Å². The van der Waals surface area contributed by atoms with Gasteiger partial charge in [0.2, 0.25) is 0 Å². The molecule has 2 nitrogen and oxygen atoms in total. The lowest BCUT2D eigenvalue weighted by Gasteiger charge is -2.03. The fourth-order valence-electron chi connectivity index (χ4n) is 2.33. The Morgan fingerprint density at radius 1 is 1.50 bits per heavy atom. The molecule has 0 bridgehead atoms. The van der Waals surface area contributed by atoms with Crippen molar-refractivity contribution < 1.29 is 4.74 Å². The minimum atomic E-state index is 0.813. The summed E-state index contributed by atoms with van der Waals surface area (Å²) in [6, 6.07) is 2.37. The molecule has 1 fully saturated rings. The summed E-state index contributed by atoms with van der Waals surface area (Å²) in [5, 5.41) is 3.45. The number of methoxy groups -OCH3 is 1. The average Bonchev–Trinajstić information content (AvgIpc) is 2.93. The summed E-state index contributed by atoms with van der Waals surface area (Å²) < 4.78 is 5.02. The minimum absolute atomic E-state index is 0.813. The van der Waals surface area contributed by atoms with Crippen LogP contribution < -0.4 is 5.32 Å². The Morgan fingerprint density at radius 3 is 2.94 bits per heavy atom. The summed E-state index contributed by atoms with van der Waals surface area (Å²) in [6.07, 6.45) is 1.36. The predicted molar refractivity (Wildman–Crippen MR) is 69.4 cm³/mol. The van der Waals surface area contributed by atoms with Crippen LogP contribution >= 0.6 is 11.3 Å². The second-order valence-corrected chi connectivity index (χ2v) is 6.13. The third-order valence-electron chi connectivity index (χ3n) is 3.29. The van der Waals surface area contributed by atoms with Gasteiger partial charge in [0.05, 0.1) is 6.61 Å². The summed E-state index contributed by atoms with van der Waals surface area (Å²) in [6.45, 7) is 7.38. The maximum absolute atomic E-state index is 5.02. The van der Waals surface area contributed by atoms with E-state index >= 15 is 0 Å². The molecule has 1 saturated carbocycles. The summed E-state index contributed by atoms with van der Waals surface area (Å²) in [7, 11) is 1.75. The van der Waals surface area contributed by atoms with Crippen molar-refractivity contribution in [1.29, 1.82) is 0 Å². The van der Waals surface area contributed by atoms with E-state index in [4.69, 9.17) is 4.74 Å². The molecule has 0 spiro atoms. The maximum Gasteiger partial charge on any atom is 0.0587 e. The second kappa shape index (κ2) is 5.30. The molecule has 2 atom stereocenters. The third kappa shape index (κ3) is 2.84. The fraction of sp³-hybridized carbons (Fsp3) is 0.692. The van der Waals surface area contributed by atoms with Gasteiger partial charge in [0, 0.05) is 23.4 Å². The lowest BCUT2D eigenvalue weighted by atomic mass is 10.1.